The Hall–Kier alpha value is -3.04. The van der Waals surface area contributed by atoms with Gasteiger partial charge < -0.3 is 0 Å². The molecule has 0 saturated heterocycles. The summed E-state index contributed by atoms with van der Waals surface area (Å²) in [6.45, 7) is 0. The van der Waals surface area contributed by atoms with Crippen molar-refractivity contribution in [3.05, 3.63) is 71.3 Å². The van der Waals surface area contributed by atoms with E-state index in [1.807, 2.05) is 0 Å². The number of halogens is 10. The van der Waals surface area contributed by atoms with Gasteiger partial charge in [0.2, 0.25) is 0 Å². The molecule has 28 heavy (non-hydrogen) atoms. The van der Waals surface area contributed by atoms with Gasteiger partial charge >= 0.3 is 12.2 Å². The summed E-state index contributed by atoms with van der Waals surface area (Å²) < 4.78 is 125. The molecule has 146 valence electrons. The van der Waals surface area contributed by atoms with E-state index >= 15 is 0 Å². The van der Waals surface area contributed by atoms with Gasteiger partial charge in [-0.05, 0) is 11.5 Å². The van der Waals surface area contributed by atoms with Gasteiger partial charge in [0.1, 0.15) is 5.82 Å². The molecule has 10 heteroatoms. The van der Waals surface area contributed by atoms with Crippen molar-refractivity contribution >= 4 is 32.3 Å². The second-order valence-electron chi connectivity index (χ2n) is 5.47. The maximum atomic E-state index is 14.1. The van der Waals surface area contributed by atoms with Gasteiger partial charge in [-0.15, -0.1) is 0 Å². The van der Waals surface area contributed by atoms with Crippen molar-refractivity contribution in [3.63, 3.8) is 0 Å². The van der Waals surface area contributed by atoms with Crippen molar-refractivity contribution in [2.75, 3.05) is 0 Å². The van der Waals surface area contributed by atoms with Gasteiger partial charge in [0, 0.05) is 16.2 Å². The van der Waals surface area contributed by atoms with Gasteiger partial charge in [-0.25, -0.2) is 26.3 Å². The predicted molar refractivity (Wildman–Crippen MR) is 81.4 cm³/mol. The molecule has 0 heterocycles. The first kappa shape index (κ1) is 19.7. The topological polar surface area (TPSA) is 0 Å². The zero-order valence-corrected chi connectivity index (χ0v) is 13.1. The molecule has 0 saturated carbocycles. The zero-order valence-electron chi connectivity index (χ0n) is 13.1. The predicted octanol–water partition coefficient (Wildman–Crippen LogP) is 7.41. The standard InChI is InChI=1S/C16H4F6.C2F4/c17-7-4-2-5-1-3-6-9-8(5)10(7)13(19)14(20)11(9)15(21)16(22)12(6)18;3-1(4)2(5)6/h1-4H;. The molecule has 0 spiro atoms. The van der Waals surface area contributed by atoms with Crippen LogP contribution < -0.4 is 0 Å². The van der Waals surface area contributed by atoms with Crippen LogP contribution in [0, 0.1) is 34.9 Å². The molecule has 4 aromatic rings. The van der Waals surface area contributed by atoms with E-state index in [9.17, 15) is 43.9 Å². The number of benzene rings is 4. The third-order valence-corrected chi connectivity index (χ3v) is 4.00. The molecular formula is C18H4F10. The van der Waals surface area contributed by atoms with Gasteiger partial charge in [-0.1, -0.05) is 18.2 Å². The summed E-state index contributed by atoms with van der Waals surface area (Å²) in [7, 11) is 0. The summed E-state index contributed by atoms with van der Waals surface area (Å²) in [5.74, 6) is -9.70. The second kappa shape index (κ2) is 6.84. The highest BCUT2D eigenvalue weighted by Crippen LogP contribution is 2.41. The largest absolute Gasteiger partial charge is 0.334 e. The van der Waals surface area contributed by atoms with Gasteiger partial charge in [0.15, 0.2) is 29.1 Å². The fourth-order valence-corrected chi connectivity index (χ4v) is 2.91. The van der Waals surface area contributed by atoms with E-state index in [1.54, 1.807) is 0 Å². The first-order valence-electron chi connectivity index (χ1n) is 7.21. The molecule has 0 aliphatic heterocycles. The van der Waals surface area contributed by atoms with Gasteiger partial charge in [0.05, 0.1) is 10.8 Å². The summed E-state index contributed by atoms with van der Waals surface area (Å²) in [5, 5.41) is -2.45. The van der Waals surface area contributed by atoms with E-state index in [0.717, 1.165) is 12.1 Å². The molecular weight excluding hydrogens is 406 g/mol. The molecule has 0 fully saturated rings. The maximum Gasteiger partial charge on any atom is 0.334 e. The number of hydrogen-bond acceptors (Lipinski definition) is 0. The molecule has 0 N–H and O–H groups in total. The zero-order chi connectivity index (χ0) is 20.9. The summed E-state index contributed by atoms with van der Waals surface area (Å²) in [6, 6.07) is 4.63. The molecule has 0 unspecified atom stereocenters. The Labute approximate surface area is 148 Å². The van der Waals surface area contributed by atoms with E-state index in [-0.39, 0.29) is 16.2 Å². The second-order valence-corrected chi connectivity index (χ2v) is 5.47. The van der Waals surface area contributed by atoms with Crippen molar-refractivity contribution in [2.24, 2.45) is 0 Å². The smallest absolute Gasteiger partial charge is 0.206 e. The Bertz CT molecular complexity index is 1240. The van der Waals surface area contributed by atoms with Crippen LogP contribution in [0.15, 0.2) is 36.4 Å². The van der Waals surface area contributed by atoms with Gasteiger partial charge in [-0.3, -0.25) is 0 Å². The SMILES string of the molecule is FC(F)=C(F)F.Fc1c(F)c2ccc3ccc(F)c4c(F)c(F)c(c1F)c2c34. The quantitative estimate of drug-likeness (QED) is 0.161. The molecule has 0 aliphatic carbocycles. The maximum absolute atomic E-state index is 14.1. The minimum absolute atomic E-state index is 0.177. The van der Waals surface area contributed by atoms with Crippen LogP contribution in [0.2, 0.25) is 0 Å². The van der Waals surface area contributed by atoms with Crippen molar-refractivity contribution in [2.45, 2.75) is 0 Å². The number of hydrogen-bond donors (Lipinski definition) is 0. The Kier molecular flexibility index (Phi) is 4.82. The molecule has 0 amide bonds. The van der Waals surface area contributed by atoms with Crippen molar-refractivity contribution in [1.82, 2.24) is 0 Å². The number of rotatable bonds is 0. The van der Waals surface area contributed by atoms with E-state index in [4.69, 9.17) is 0 Å². The minimum Gasteiger partial charge on any atom is -0.206 e. The molecule has 0 bridgehead atoms. The highest BCUT2D eigenvalue weighted by atomic mass is 19.3. The lowest BCUT2D eigenvalue weighted by atomic mass is 9.92. The molecule has 0 atom stereocenters. The summed E-state index contributed by atoms with van der Waals surface area (Å²) in [5.41, 5.74) is 0. The lowest BCUT2D eigenvalue weighted by molar-refractivity contribution is 0.308. The Balaban J connectivity index is 0.000000330. The van der Waals surface area contributed by atoms with Crippen LogP contribution in [0.1, 0.15) is 0 Å². The normalized spacial score (nSPS) is 11.2. The summed E-state index contributed by atoms with van der Waals surface area (Å²) in [6.07, 6.45) is -5.81. The lowest BCUT2D eigenvalue weighted by Gasteiger charge is -2.14. The van der Waals surface area contributed by atoms with Crippen LogP contribution in [-0.4, -0.2) is 0 Å². The first-order valence-corrected chi connectivity index (χ1v) is 7.21. The monoisotopic (exact) mass is 410 g/mol. The third kappa shape index (κ3) is 2.79. The molecule has 4 rings (SSSR count). The Morgan fingerprint density at radius 3 is 1.54 bits per heavy atom. The van der Waals surface area contributed by atoms with Crippen LogP contribution in [-0.2, 0) is 0 Å². The summed E-state index contributed by atoms with van der Waals surface area (Å²) in [4.78, 5) is 0. The summed E-state index contributed by atoms with van der Waals surface area (Å²) >= 11 is 0. The van der Waals surface area contributed by atoms with Gasteiger partial charge in [-0.2, -0.15) is 17.6 Å². The van der Waals surface area contributed by atoms with Crippen LogP contribution in [0.3, 0.4) is 0 Å². The van der Waals surface area contributed by atoms with Crippen molar-refractivity contribution in [1.29, 1.82) is 0 Å². The fourth-order valence-electron chi connectivity index (χ4n) is 2.91. The molecule has 0 nitrogen and oxygen atoms in total. The van der Waals surface area contributed by atoms with Crippen LogP contribution in [0.4, 0.5) is 43.9 Å². The molecule has 0 aliphatic rings. The van der Waals surface area contributed by atoms with E-state index < -0.39 is 63.2 Å². The van der Waals surface area contributed by atoms with Crippen LogP contribution in [0.5, 0.6) is 0 Å². The fraction of sp³-hybridized carbons (Fsp3) is 0. The van der Waals surface area contributed by atoms with Gasteiger partial charge in [0.25, 0.3) is 0 Å². The van der Waals surface area contributed by atoms with Crippen molar-refractivity contribution < 1.29 is 43.9 Å². The average Bonchev–Trinajstić information content (AvgIpc) is 2.65. The highest BCUT2D eigenvalue weighted by Gasteiger charge is 2.27. The highest BCUT2D eigenvalue weighted by molar-refractivity contribution is 6.23. The Morgan fingerprint density at radius 1 is 0.464 bits per heavy atom. The molecule has 0 radical (unpaired) electrons. The molecule has 0 aromatic heterocycles. The third-order valence-electron chi connectivity index (χ3n) is 4.00. The average molecular weight is 410 g/mol. The van der Waals surface area contributed by atoms with Crippen molar-refractivity contribution in [3.8, 4) is 0 Å². The van der Waals surface area contributed by atoms with E-state index in [2.05, 4.69) is 0 Å². The van der Waals surface area contributed by atoms with E-state index in [0.29, 0.717) is 0 Å². The first-order chi connectivity index (χ1) is 13.1. The van der Waals surface area contributed by atoms with E-state index in [1.165, 1.54) is 12.1 Å². The minimum atomic E-state index is -2.91. The van der Waals surface area contributed by atoms with Crippen LogP contribution in [0.25, 0.3) is 32.3 Å². The Morgan fingerprint density at radius 2 is 0.964 bits per heavy atom. The molecule has 4 aromatic carbocycles. The van der Waals surface area contributed by atoms with Crippen LogP contribution >= 0.6 is 0 Å². The lowest BCUT2D eigenvalue weighted by Crippen LogP contribution is -2.02.